The standard InChI is InChI=1S/C13H21N5O2S/c1-6-18-8-12(7-14-18)21(19,20)16(4)9-13-10(2)15-17(5)11(13)3/h7-8H,6,9H2,1-5H3. The average molecular weight is 311 g/mol. The van der Waals surface area contributed by atoms with Gasteiger partial charge in [0.15, 0.2) is 0 Å². The molecule has 0 fully saturated rings. The summed E-state index contributed by atoms with van der Waals surface area (Å²) in [4.78, 5) is 0.214. The summed E-state index contributed by atoms with van der Waals surface area (Å²) in [6.07, 6.45) is 2.94. The first-order chi connectivity index (χ1) is 9.77. The van der Waals surface area contributed by atoms with E-state index in [1.807, 2.05) is 27.8 Å². The minimum Gasteiger partial charge on any atom is -0.272 e. The second-order valence-electron chi connectivity index (χ2n) is 5.07. The van der Waals surface area contributed by atoms with Gasteiger partial charge < -0.3 is 0 Å². The van der Waals surface area contributed by atoms with Crippen LogP contribution in [0, 0.1) is 13.8 Å². The van der Waals surface area contributed by atoms with Gasteiger partial charge in [-0.05, 0) is 20.8 Å². The van der Waals surface area contributed by atoms with E-state index in [0.717, 1.165) is 17.0 Å². The van der Waals surface area contributed by atoms with Gasteiger partial charge in [0.25, 0.3) is 0 Å². The van der Waals surface area contributed by atoms with E-state index in [-0.39, 0.29) is 4.90 Å². The summed E-state index contributed by atoms with van der Waals surface area (Å²) in [6, 6.07) is 0. The van der Waals surface area contributed by atoms with E-state index >= 15 is 0 Å². The molecule has 21 heavy (non-hydrogen) atoms. The van der Waals surface area contributed by atoms with Crippen molar-refractivity contribution in [2.45, 2.75) is 38.8 Å². The molecule has 0 spiro atoms. The Labute approximate surface area is 125 Å². The highest BCUT2D eigenvalue weighted by atomic mass is 32.2. The first-order valence-corrected chi connectivity index (χ1v) is 8.19. The predicted octanol–water partition coefficient (Wildman–Crippen LogP) is 1.07. The molecule has 0 unspecified atom stereocenters. The van der Waals surface area contributed by atoms with Crippen LogP contribution in [0.25, 0.3) is 0 Å². The van der Waals surface area contributed by atoms with Crippen LogP contribution in [0.1, 0.15) is 23.9 Å². The summed E-state index contributed by atoms with van der Waals surface area (Å²) in [5.74, 6) is 0. The van der Waals surface area contributed by atoms with Crippen LogP contribution in [0.3, 0.4) is 0 Å². The monoisotopic (exact) mass is 311 g/mol. The Bertz CT molecular complexity index is 745. The van der Waals surface area contributed by atoms with Gasteiger partial charge in [-0.1, -0.05) is 0 Å². The number of hydrogen-bond donors (Lipinski definition) is 0. The van der Waals surface area contributed by atoms with Gasteiger partial charge in [0, 0.05) is 44.6 Å². The Morgan fingerprint density at radius 2 is 2.00 bits per heavy atom. The maximum absolute atomic E-state index is 12.5. The van der Waals surface area contributed by atoms with Gasteiger partial charge >= 0.3 is 0 Å². The molecule has 0 bridgehead atoms. The van der Waals surface area contributed by atoms with Crippen molar-refractivity contribution in [3.63, 3.8) is 0 Å². The highest BCUT2D eigenvalue weighted by molar-refractivity contribution is 7.89. The minimum atomic E-state index is -3.54. The van der Waals surface area contributed by atoms with Gasteiger partial charge in [0.2, 0.25) is 10.0 Å². The lowest BCUT2D eigenvalue weighted by molar-refractivity contribution is 0.465. The molecule has 0 aromatic carbocycles. The van der Waals surface area contributed by atoms with Crippen LogP contribution in [-0.2, 0) is 30.2 Å². The van der Waals surface area contributed by atoms with Crippen LogP contribution in [0.4, 0.5) is 0 Å². The molecule has 116 valence electrons. The Morgan fingerprint density at radius 3 is 2.48 bits per heavy atom. The van der Waals surface area contributed by atoms with E-state index in [1.54, 1.807) is 22.6 Å². The molecule has 8 heteroatoms. The van der Waals surface area contributed by atoms with Gasteiger partial charge in [-0.3, -0.25) is 9.36 Å². The Hall–Kier alpha value is -1.67. The molecule has 0 N–H and O–H groups in total. The molecule has 2 aromatic heterocycles. The van der Waals surface area contributed by atoms with Crippen LogP contribution in [0.2, 0.25) is 0 Å². The SMILES string of the molecule is CCn1cc(S(=O)(=O)N(C)Cc2c(C)nn(C)c2C)cn1. The van der Waals surface area contributed by atoms with Crippen LogP contribution in [0.15, 0.2) is 17.3 Å². The number of aromatic nitrogens is 4. The number of aryl methyl sites for hydroxylation is 3. The highest BCUT2D eigenvalue weighted by Crippen LogP contribution is 2.19. The number of sulfonamides is 1. The molecule has 0 amide bonds. The lowest BCUT2D eigenvalue weighted by Crippen LogP contribution is -2.26. The number of rotatable bonds is 5. The molecule has 2 rings (SSSR count). The van der Waals surface area contributed by atoms with Crippen LogP contribution >= 0.6 is 0 Å². The fraction of sp³-hybridized carbons (Fsp3) is 0.538. The number of nitrogens with zero attached hydrogens (tertiary/aromatic N) is 5. The van der Waals surface area contributed by atoms with Gasteiger partial charge in [-0.25, -0.2) is 8.42 Å². The van der Waals surface area contributed by atoms with Crippen LogP contribution in [0.5, 0.6) is 0 Å². The molecule has 2 aromatic rings. The average Bonchev–Trinajstić information content (AvgIpc) is 3.00. The molecule has 7 nitrogen and oxygen atoms in total. The van der Waals surface area contributed by atoms with E-state index < -0.39 is 10.0 Å². The first-order valence-electron chi connectivity index (χ1n) is 6.75. The smallest absolute Gasteiger partial charge is 0.246 e. The van der Waals surface area contributed by atoms with Crippen molar-refractivity contribution < 1.29 is 8.42 Å². The largest absolute Gasteiger partial charge is 0.272 e. The normalized spacial score (nSPS) is 12.3. The van der Waals surface area contributed by atoms with E-state index in [1.165, 1.54) is 10.5 Å². The Kier molecular flexibility index (Phi) is 4.20. The summed E-state index contributed by atoms with van der Waals surface area (Å²) in [5.41, 5.74) is 2.76. The van der Waals surface area contributed by atoms with Crippen molar-refractivity contribution in [2.24, 2.45) is 7.05 Å². The van der Waals surface area contributed by atoms with Gasteiger partial charge in [0.05, 0.1) is 11.9 Å². The third-order valence-corrected chi connectivity index (χ3v) is 5.44. The minimum absolute atomic E-state index is 0.214. The van der Waals surface area contributed by atoms with Crippen LogP contribution < -0.4 is 0 Å². The summed E-state index contributed by atoms with van der Waals surface area (Å²) in [5, 5.41) is 8.34. The predicted molar refractivity (Wildman–Crippen MR) is 79.2 cm³/mol. The van der Waals surface area contributed by atoms with Crippen molar-refractivity contribution in [1.82, 2.24) is 23.9 Å². The zero-order chi connectivity index (χ0) is 15.8. The molecule has 0 saturated carbocycles. The van der Waals surface area contributed by atoms with E-state index in [0.29, 0.717) is 13.1 Å². The van der Waals surface area contributed by atoms with Crippen molar-refractivity contribution in [3.05, 3.63) is 29.3 Å². The van der Waals surface area contributed by atoms with E-state index in [4.69, 9.17) is 0 Å². The summed E-state index contributed by atoms with van der Waals surface area (Å²) in [6.45, 7) is 6.67. The molecule has 0 aliphatic rings. The van der Waals surface area contributed by atoms with Crippen molar-refractivity contribution in [3.8, 4) is 0 Å². The zero-order valence-corrected chi connectivity index (χ0v) is 13.8. The second kappa shape index (κ2) is 5.61. The third-order valence-electron chi connectivity index (χ3n) is 3.68. The van der Waals surface area contributed by atoms with Crippen molar-refractivity contribution >= 4 is 10.0 Å². The molecular weight excluding hydrogens is 290 g/mol. The fourth-order valence-electron chi connectivity index (χ4n) is 2.18. The third kappa shape index (κ3) is 2.86. The summed E-state index contributed by atoms with van der Waals surface area (Å²) in [7, 11) is -0.111. The fourth-order valence-corrected chi connectivity index (χ4v) is 3.28. The molecule has 0 saturated heterocycles. The number of hydrogen-bond acceptors (Lipinski definition) is 4. The highest BCUT2D eigenvalue weighted by Gasteiger charge is 2.24. The molecule has 0 atom stereocenters. The Balaban J connectivity index is 2.28. The topological polar surface area (TPSA) is 73.0 Å². The van der Waals surface area contributed by atoms with Crippen molar-refractivity contribution in [2.75, 3.05) is 7.05 Å². The molecule has 2 heterocycles. The molecular formula is C13H21N5O2S. The van der Waals surface area contributed by atoms with E-state index in [2.05, 4.69) is 10.2 Å². The second-order valence-corrected chi connectivity index (χ2v) is 7.11. The van der Waals surface area contributed by atoms with Crippen molar-refractivity contribution in [1.29, 1.82) is 0 Å². The first kappa shape index (κ1) is 15.7. The summed E-state index contributed by atoms with van der Waals surface area (Å²) >= 11 is 0. The molecule has 0 aliphatic carbocycles. The maximum atomic E-state index is 12.5. The quantitative estimate of drug-likeness (QED) is 0.828. The summed E-state index contributed by atoms with van der Waals surface area (Å²) < 4.78 is 29.8. The van der Waals surface area contributed by atoms with Gasteiger partial charge in [-0.2, -0.15) is 14.5 Å². The lowest BCUT2D eigenvalue weighted by Gasteiger charge is -2.16. The Morgan fingerprint density at radius 1 is 1.33 bits per heavy atom. The molecule has 0 aliphatic heterocycles. The zero-order valence-electron chi connectivity index (χ0n) is 13.0. The maximum Gasteiger partial charge on any atom is 0.246 e. The van der Waals surface area contributed by atoms with Crippen LogP contribution in [-0.4, -0.2) is 39.3 Å². The van der Waals surface area contributed by atoms with E-state index in [9.17, 15) is 8.42 Å². The van der Waals surface area contributed by atoms with Gasteiger partial charge in [-0.15, -0.1) is 0 Å². The van der Waals surface area contributed by atoms with Gasteiger partial charge in [0.1, 0.15) is 4.90 Å². The lowest BCUT2D eigenvalue weighted by atomic mass is 10.2. The molecule has 0 radical (unpaired) electrons.